The van der Waals surface area contributed by atoms with Crippen LogP contribution < -0.4 is 15.5 Å². The lowest BCUT2D eigenvalue weighted by molar-refractivity contribution is -0.334. The molecule has 7 atom stereocenters. The van der Waals surface area contributed by atoms with Crippen molar-refractivity contribution in [2.24, 2.45) is 5.92 Å². The van der Waals surface area contributed by atoms with Gasteiger partial charge in [-0.05, 0) is 49.2 Å². The third kappa shape index (κ3) is 6.55. The van der Waals surface area contributed by atoms with Crippen LogP contribution in [0.1, 0.15) is 20.3 Å². The summed E-state index contributed by atoms with van der Waals surface area (Å²) in [7, 11) is 1.23. The highest BCUT2D eigenvalue weighted by Crippen LogP contribution is 2.36. The van der Waals surface area contributed by atoms with Gasteiger partial charge in [0.1, 0.15) is 48.3 Å². The number of hydrogen-bond donors (Lipinski definition) is 7. The van der Waals surface area contributed by atoms with Crippen molar-refractivity contribution in [3.05, 3.63) is 59.0 Å². The normalized spacial score (nSPS) is 25.0. The number of ether oxygens (including phenoxy) is 3. The van der Waals surface area contributed by atoms with Crippen molar-refractivity contribution in [2.75, 3.05) is 13.7 Å². The lowest BCUT2D eigenvalue weighted by atomic mass is 9.77. The zero-order valence-electron chi connectivity index (χ0n) is 24.1. The van der Waals surface area contributed by atoms with Gasteiger partial charge in [0.15, 0.2) is 11.0 Å². The number of carboxylic acids is 1. The van der Waals surface area contributed by atoms with Gasteiger partial charge in [0, 0.05) is 6.07 Å². The molecule has 0 saturated carbocycles. The number of aliphatic carboxylic acids is 1. The number of benzene rings is 2. The minimum atomic E-state index is -2.62. The molecule has 0 spiro atoms. The smallest absolute Gasteiger partial charge is 0.334 e. The van der Waals surface area contributed by atoms with Crippen LogP contribution in [0.2, 0.25) is 0 Å². The number of carbonyl (C=O) groups excluding carboxylic acids is 1. The molecule has 2 heterocycles. The molecular formula is C30H35NO13. The Morgan fingerprint density at radius 2 is 1.77 bits per heavy atom. The number of carbonyl (C=O) groups is 2. The number of nitrogens with one attached hydrogen (secondary N) is 1. The second-order valence-corrected chi connectivity index (χ2v) is 11.0. The fourth-order valence-corrected chi connectivity index (χ4v) is 5.01. The lowest BCUT2D eigenvalue weighted by Gasteiger charge is -2.49. The Kier molecular flexibility index (Phi) is 9.93. The monoisotopic (exact) mass is 617 g/mol. The van der Waals surface area contributed by atoms with E-state index in [0.717, 1.165) is 0 Å². The van der Waals surface area contributed by atoms with Crippen molar-refractivity contribution in [1.29, 1.82) is 0 Å². The maximum atomic E-state index is 13.1. The number of phenolic OH excluding ortho intramolecular Hbond substituents is 1. The first-order chi connectivity index (χ1) is 20.8. The summed E-state index contributed by atoms with van der Waals surface area (Å²) in [5, 5.41) is 65.7. The van der Waals surface area contributed by atoms with Crippen LogP contribution in [-0.2, 0) is 19.1 Å². The van der Waals surface area contributed by atoms with E-state index in [1.807, 2.05) is 0 Å². The molecule has 7 N–H and O–H groups in total. The van der Waals surface area contributed by atoms with E-state index in [4.69, 9.17) is 18.6 Å². The zero-order valence-corrected chi connectivity index (χ0v) is 24.1. The van der Waals surface area contributed by atoms with Gasteiger partial charge < -0.3 is 49.3 Å². The lowest BCUT2D eigenvalue weighted by Crippen LogP contribution is -2.72. The van der Waals surface area contributed by atoms with Crippen LogP contribution in [0, 0.1) is 5.92 Å². The van der Waals surface area contributed by atoms with Crippen LogP contribution in [0.4, 0.5) is 0 Å². The summed E-state index contributed by atoms with van der Waals surface area (Å²) in [5.74, 6) is -2.85. The van der Waals surface area contributed by atoms with Crippen LogP contribution in [0.5, 0.6) is 11.5 Å². The van der Waals surface area contributed by atoms with E-state index in [1.54, 1.807) is 26.0 Å². The van der Waals surface area contributed by atoms with E-state index in [0.29, 0.717) is 5.56 Å². The standard InChI is InChI=1S/C30H35NO13/c1-14(2)10-22(33)30(40)25(35)21(13-42-28(39)23(31-3)27(37)38)44-29(26(30)36)43-17-8-9-18-20(11-17)41-12-19(24(18)34)15-4-6-16(32)7-5-15/h4-9,11-12,14,21-23,25-26,29,31-33,35-36,40H,10,13H2,1-3H3,(H,37,38). The number of aliphatic hydroxyl groups is 4. The molecule has 0 aliphatic carbocycles. The Morgan fingerprint density at radius 1 is 1.09 bits per heavy atom. The van der Waals surface area contributed by atoms with Crippen molar-refractivity contribution in [3.8, 4) is 22.6 Å². The summed E-state index contributed by atoms with van der Waals surface area (Å²) >= 11 is 0. The number of fused-ring (bicyclic) bond motifs is 1. The van der Waals surface area contributed by atoms with Gasteiger partial charge in [0.25, 0.3) is 0 Å². The van der Waals surface area contributed by atoms with Gasteiger partial charge in [-0.25, -0.2) is 9.59 Å². The van der Waals surface area contributed by atoms with E-state index >= 15 is 0 Å². The van der Waals surface area contributed by atoms with Crippen LogP contribution in [0.3, 0.4) is 0 Å². The molecule has 44 heavy (non-hydrogen) atoms. The Labute approximate surface area is 251 Å². The molecule has 0 bridgehead atoms. The number of likely N-dealkylation sites (N-methyl/N-ethyl adjacent to an activating group) is 1. The van der Waals surface area contributed by atoms with Crippen LogP contribution in [0.15, 0.2) is 57.9 Å². The molecule has 2 aromatic carbocycles. The average Bonchev–Trinajstić information content (AvgIpc) is 2.97. The molecular weight excluding hydrogens is 582 g/mol. The molecule has 4 rings (SSSR count). The van der Waals surface area contributed by atoms with E-state index < -0.39 is 60.9 Å². The number of aliphatic hydroxyl groups excluding tert-OH is 3. The van der Waals surface area contributed by atoms with Gasteiger partial charge in [0.05, 0.1) is 17.1 Å². The second kappa shape index (κ2) is 13.3. The highest BCUT2D eigenvalue weighted by molar-refractivity contribution is 5.98. The van der Waals surface area contributed by atoms with Gasteiger partial charge in [0.2, 0.25) is 12.3 Å². The minimum Gasteiger partial charge on any atom is -0.508 e. The summed E-state index contributed by atoms with van der Waals surface area (Å²) in [5.41, 5.74) is -2.12. The van der Waals surface area contributed by atoms with Crippen LogP contribution in [-0.4, -0.2) is 98.6 Å². The van der Waals surface area contributed by atoms with Gasteiger partial charge in [-0.1, -0.05) is 26.0 Å². The predicted octanol–water partition coefficient (Wildman–Crippen LogP) is 0.345. The molecule has 14 heteroatoms. The number of hydrogen-bond acceptors (Lipinski definition) is 13. The first-order valence-corrected chi connectivity index (χ1v) is 13.8. The van der Waals surface area contributed by atoms with E-state index in [1.165, 1.54) is 43.6 Å². The maximum Gasteiger partial charge on any atom is 0.334 e. The number of carboxylic acid groups (broad SMARTS) is 1. The van der Waals surface area contributed by atoms with Crippen LogP contribution >= 0.6 is 0 Å². The fraction of sp³-hybridized carbons (Fsp3) is 0.433. The second-order valence-electron chi connectivity index (χ2n) is 11.0. The van der Waals surface area contributed by atoms with Crippen molar-refractivity contribution in [3.63, 3.8) is 0 Å². The first kappa shape index (κ1) is 32.9. The van der Waals surface area contributed by atoms with Crippen molar-refractivity contribution < 1.29 is 58.9 Å². The van der Waals surface area contributed by atoms with E-state index in [-0.39, 0.29) is 45.8 Å². The molecule has 1 aliphatic rings. The van der Waals surface area contributed by atoms with E-state index in [9.17, 15) is 45.0 Å². The minimum absolute atomic E-state index is 0.0102. The van der Waals surface area contributed by atoms with Crippen molar-refractivity contribution in [2.45, 2.75) is 62.6 Å². The van der Waals surface area contributed by atoms with Gasteiger partial charge in [-0.15, -0.1) is 0 Å². The predicted molar refractivity (Wildman–Crippen MR) is 153 cm³/mol. The number of esters is 1. The van der Waals surface area contributed by atoms with Gasteiger partial charge >= 0.3 is 11.9 Å². The topological polar surface area (TPSA) is 225 Å². The van der Waals surface area contributed by atoms with Crippen molar-refractivity contribution in [1.82, 2.24) is 5.32 Å². The molecule has 238 valence electrons. The number of aromatic hydroxyl groups is 1. The molecule has 1 aromatic heterocycles. The Bertz CT molecular complexity index is 1540. The molecule has 14 nitrogen and oxygen atoms in total. The van der Waals surface area contributed by atoms with Crippen LogP contribution in [0.25, 0.3) is 22.1 Å². The highest BCUT2D eigenvalue weighted by atomic mass is 16.7. The third-order valence-electron chi connectivity index (χ3n) is 7.43. The quantitative estimate of drug-likeness (QED) is 0.114. The fourth-order valence-electron chi connectivity index (χ4n) is 5.01. The Balaban J connectivity index is 1.62. The first-order valence-electron chi connectivity index (χ1n) is 13.8. The molecule has 7 unspecified atom stereocenters. The molecule has 1 fully saturated rings. The summed E-state index contributed by atoms with van der Waals surface area (Å²) in [6.07, 6.45) is -7.82. The average molecular weight is 618 g/mol. The van der Waals surface area contributed by atoms with E-state index in [2.05, 4.69) is 5.32 Å². The van der Waals surface area contributed by atoms with Gasteiger partial charge in [-0.2, -0.15) is 0 Å². The summed E-state index contributed by atoms with van der Waals surface area (Å²) < 4.78 is 22.1. The third-order valence-corrected chi connectivity index (χ3v) is 7.43. The Morgan fingerprint density at radius 3 is 2.39 bits per heavy atom. The molecule has 0 radical (unpaired) electrons. The van der Waals surface area contributed by atoms with Gasteiger partial charge in [-0.3, -0.25) is 10.1 Å². The molecule has 0 amide bonds. The SMILES string of the molecule is CNC(C(=O)O)C(=O)OCC1OC(Oc2ccc3c(=O)c(-c4ccc(O)cc4)coc3c2)C(O)C(O)(C(O)CC(C)C)C1O. The van der Waals surface area contributed by atoms with Crippen molar-refractivity contribution >= 4 is 22.9 Å². The summed E-state index contributed by atoms with van der Waals surface area (Å²) in [6.45, 7) is 2.73. The molecule has 3 aromatic rings. The Hall–Kier alpha value is -4.05. The number of phenols is 1. The zero-order chi connectivity index (χ0) is 32.3. The highest BCUT2D eigenvalue weighted by Gasteiger charge is 2.60. The summed E-state index contributed by atoms with van der Waals surface area (Å²) in [4.78, 5) is 36.7. The number of rotatable bonds is 11. The molecule has 1 aliphatic heterocycles. The maximum absolute atomic E-state index is 13.1. The largest absolute Gasteiger partial charge is 0.508 e. The summed E-state index contributed by atoms with van der Waals surface area (Å²) in [6, 6.07) is 8.38. The molecule has 1 saturated heterocycles.